The number of nitrogens with zero attached hydrogens (tertiary/aromatic N) is 3. The highest BCUT2D eigenvalue weighted by molar-refractivity contribution is 6.42. The zero-order chi connectivity index (χ0) is 14.5. The topological polar surface area (TPSA) is 85.8 Å². The molecule has 0 atom stereocenters. The molecule has 0 radical (unpaired) electrons. The number of carbonyl (C=O) groups excluding carboxylic acids is 1. The fourth-order valence-corrected chi connectivity index (χ4v) is 1.85. The van der Waals surface area contributed by atoms with Crippen molar-refractivity contribution in [3.63, 3.8) is 0 Å². The minimum absolute atomic E-state index is 0.293. The van der Waals surface area contributed by atoms with Crippen molar-refractivity contribution in [1.29, 1.82) is 0 Å². The molecule has 0 fully saturated rings. The normalized spacial score (nSPS) is 10.7. The standard InChI is InChI=1S/C12H13Cl2N5O/c13-10-2-1-9(5-11(10)14)19-7-8(17-18-19)6-16-4-3-12(15)20/h1-2,5,7,16H,3-4,6H2,(H2,15,20). The molecular formula is C12H13Cl2N5O. The van der Waals surface area contributed by atoms with Crippen LogP contribution < -0.4 is 11.1 Å². The Labute approximate surface area is 125 Å². The number of hydrogen-bond donors (Lipinski definition) is 2. The summed E-state index contributed by atoms with van der Waals surface area (Å²) in [5.74, 6) is -0.336. The van der Waals surface area contributed by atoms with Gasteiger partial charge in [0.2, 0.25) is 5.91 Å². The first-order valence-electron chi connectivity index (χ1n) is 5.92. The summed E-state index contributed by atoms with van der Waals surface area (Å²) >= 11 is 11.8. The Hall–Kier alpha value is -1.63. The van der Waals surface area contributed by atoms with Crippen molar-refractivity contribution in [1.82, 2.24) is 20.3 Å². The Morgan fingerprint density at radius 1 is 1.35 bits per heavy atom. The molecular weight excluding hydrogens is 301 g/mol. The van der Waals surface area contributed by atoms with Crippen molar-refractivity contribution in [2.24, 2.45) is 5.73 Å². The van der Waals surface area contributed by atoms with Crippen LogP contribution in [0.1, 0.15) is 12.1 Å². The first-order chi connectivity index (χ1) is 9.56. The first kappa shape index (κ1) is 14.8. The molecule has 2 rings (SSSR count). The highest BCUT2D eigenvalue weighted by Crippen LogP contribution is 2.24. The van der Waals surface area contributed by atoms with E-state index in [2.05, 4.69) is 15.6 Å². The number of amides is 1. The Morgan fingerprint density at radius 3 is 2.85 bits per heavy atom. The average Bonchev–Trinajstić information content (AvgIpc) is 2.86. The van der Waals surface area contributed by atoms with Gasteiger partial charge in [-0.2, -0.15) is 0 Å². The number of primary amides is 1. The summed E-state index contributed by atoms with van der Waals surface area (Å²) in [6.45, 7) is 1.02. The fourth-order valence-electron chi connectivity index (χ4n) is 1.56. The van der Waals surface area contributed by atoms with Gasteiger partial charge in [-0.05, 0) is 18.2 Å². The van der Waals surface area contributed by atoms with E-state index >= 15 is 0 Å². The molecule has 1 heterocycles. The largest absolute Gasteiger partial charge is 0.370 e. The summed E-state index contributed by atoms with van der Waals surface area (Å²) in [5, 5.41) is 12.0. The van der Waals surface area contributed by atoms with Crippen molar-refractivity contribution in [3.8, 4) is 5.69 Å². The molecule has 0 unspecified atom stereocenters. The molecule has 0 saturated heterocycles. The van der Waals surface area contributed by atoms with Gasteiger partial charge in [-0.3, -0.25) is 4.79 Å². The van der Waals surface area contributed by atoms with E-state index in [1.54, 1.807) is 29.1 Å². The Morgan fingerprint density at radius 2 is 2.15 bits per heavy atom. The molecule has 1 amide bonds. The van der Waals surface area contributed by atoms with Crippen LogP contribution >= 0.6 is 23.2 Å². The van der Waals surface area contributed by atoms with Crippen LogP contribution in [0.3, 0.4) is 0 Å². The molecule has 6 nitrogen and oxygen atoms in total. The number of nitrogens with two attached hydrogens (primary N) is 1. The van der Waals surface area contributed by atoms with Gasteiger partial charge in [-0.25, -0.2) is 4.68 Å². The third-order valence-electron chi connectivity index (χ3n) is 2.56. The lowest BCUT2D eigenvalue weighted by molar-refractivity contribution is -0.117. The maximum Gasteiger partial charge on any atom is 0.218 e. The van der Waals surface area contributed by atoms with E-state index in [-0.39, 0.29) is 5.91 Å². The van der Waals surface area contributed by atoms with E-state index in [1.807, 2.05) is 0 Å². The Balaban J connectivity index is 1.97. The van der Waals surface area contributed by atoms with Crippen LogP contribution in [-0.4, -0.2) is 27.4 Å². The summed E-state index contributed by atoms with van der Waals surface area (Å²) in [7, 11) is 0. The monoisotopic (exact) mass is 313 g/mol. The lowest BCUT2D eigenvalue weighted by Gasteiger charge is -2.01. The molecule has 0 spiro atoms. The van der Waals surface area contributed by atoms with Gasteiger partial charge in [0, 0.05) is 19.5 Å². The summed E-state index contributed by atoms with van der Waals surface area (Å²) in [6, 6.07) is 5.21. The molecule has 1 aromatic heterocycles. The van der Waals surface area contributed by atoms with Gasteiger partial charge < -0.3 is 11.1 Å². The minimum Gasteiger partial charge on any atom is -0.370 e. The molecule has 8 heteroatoms. The van der Waals surface area contributed by atoms with E-state index in [1.165, 1.54) is 0 Å². The van der Waals surface area contributed by atoms with Crippen LogP contribution in [0.4, 0.5) is 0 Å². The second-order valence-electron chi connectivity index (χ2n) is 4.15. The van der Waals surface area contributed by atoms with Gasteiger partial charge in [0.15, 0.2) is 0 Å². The van der Waals surface area contributed by atoms with Crippen LogP contribution in [-0.2, 0) is 11.3 Å². The predicted octanol–water partition coefficient (Wildman–Crippen LogP) is 1.54. The number of nitrogens with one attached hydrogen (secondary N) is 1. The SMILES string of the molecule is NC(=O)CCNCc1cn(-c2ccc(Cl)c(Cl)c2)nn1. The maximum absolute atomic E-state index is 10.6. The van der Waals surface area contributed by atoms with Crippen molar-refractivity contribution in [3.05, 3.63) is 40.1 Å². The third-order valence-corrected chi connectivity index (χ3v) is 3.30. The van der Waals surface area contributed by atoms with E-state index in [4.69, 9.17) is 28.9 Å². The summed E-state index contributed by atoms with van der Waals surface area (Å²) in [5.41, 5.74) is 6.57. The lowest BCUT2D eigenvalue weighted by Crippen LogP contribution is -2.21. The van der Waals surface area contributed by atoms with E-state index in [0.717, 1.165) is 11.4 Å². The number of hydrogen-bond acceptors (Lipinski definition) is 4. The van der Waals surface area contributed by atoms with Crippen LogP contribution in [0.15, 0.2) is 24.4 Å². The van der Waals surface area contributed by atoms with Crippen molar-refractivity contribution in [2.45, 2.75) is 13.0 Å². The van der Waals surface area contributed by atoms with Crippen molar-refractivity contribution >= 4 is 29.1 Å². The average molecular weight is 314 g/mol. The molecule has 0 aliphatic rings. The van der Waals surface area contributed by atoms with E-state index in [9.17, 15) is 4.79 Å². The zero-order valence-electron chi connectivity index (χ0n) is 10.5. The Kier molecular flexibility index (Phi) is 4.94. The zero-order valence-corrected chi connectivity index (χ0v) is 12.0. The molecule has 0 bridgehead atoms. The highest BCUT2D eigenvalue weighted by atomic mass is 35.5. The molecule has 2 aromatic rings. The second-order valence-corrected chi connectivity index (χ2v) is 4.96. The fraction of sp³-hybridized carbons (Fsp3) is 0.250. The maximum atomic E-state index is 10.6. The number of benzene rings is 1. The summed E-state index contributed by atoms with van der Waals surface area (Å²) in [4.78, 5) is 10.6. The van der Waals surface area contributed by atoms with Gasteiger partial charge in [-0.1, -0.05) is 28.4 Å². The van der Waals surface area contributed by atoms with E-state index in [0.29, 0.717) is 29.6 Å². The Bertz CT molecular complexity index is 614. The minimum atomic E-state index is -0.336. The summed E-state index contributed by atoms with van der Waals surface area (Å²) < 4.78 is 1.60. The number of rotatable bonds is 6. The number of carbonyl (C=O) groups is 1. The molecule has 1 aromatic carbocycles. The van der Waals surface area contributed by atoms with Gasteiger partial charge in [0.1, 0.15) is 0 Å². The van der Waals surface area contributed by atoms with Crippen LogP contribution in [0.25, 0.3) is 5.69 Å². The third kappa shape index (κ3) is 3.93. The molecule has 0 saturated carbocycles. The van der Waals surface area contributed by atoms with Gasteiger partial charge >= 0.3 is 0 Å². The van der Waals surface area contributed by atoms with Crippen LogP contribution in [0.5, 0.6) is 0 Å². The van der Waals surface area contributed by atoms with Gasteiger partial charge in [-0.15, -0.1) is 5.10 Å². The van der Waals surface area contributed by atoms with Crippen molar-refractivity contribution < 1.29 is 4.79 Å². The first-order valence-corrected chi connectivity index (χ1v) is 6.67. The quantitative estimate of drug-likeness (QED) is 0.792. The molecule has 106 valence electrons. The molecule has 0 aliphatic carbocycles. The van der Waals surface area contributed by atoms with Gasteiger partial charge in [0.25, 0.3) is 0 Å². The number of aromatic nitrogens is 3. The van der Waals surface area contributed by atoms with Crippen LogP contribution in [0.2, 0.25) is 10.0 Å². The molecule has 0 aliphatic heterocycles. The van der Waals surface area contributed by atoms with Crippen molar-refractivity contribution in [2.75, 3.05) is 6.54 Å². The molecule has 3 N–H and O–H groups in total. The highest BCUT2D eigenvalue weighted by Gasteiger charge is 2.05. The predicted molar refractivity (Wildman–Crippen MR) is 76.9 cm³/mol. The molecule has 20 heavy (non-hydrogen) atoms. The lowest BCUT2D eigenvalue weighted by atomic mass is 10.3. The van der Waals surface area contributed by atoms with Crippen LogP contribution in [0, 0.1) is 0 Å². The number of halogens is 2. The summed E-state index contributed by atoms with van der Waals surface area (Å²) in [6.07, 6.45) is 2.07. The smallest absolute Gasteiger partial charge is 0.218 e. The van der Waals surface area contributed by atoms with E-state index < -0.39 is 0 Å². The second kappa shape index (κ2) is 6.69. The van der Waals surface area contributed by atoms with Gasteiger partial charge in [0.05, 0.1) is 27.6 Å².